The van der Waals surface area contributed by atoms with Gasteiger partial charge in [0.05, 0.1) is 29.5 Å². The van der Waals surface area contributed by atoms with E-state index in [1.807, 2.05) is 39.0 Å². The summed E-state index contributed by atoms with van der Waals surface area (Å²) in [5.41, 5.74) is 2.68. The van der Waals surface area contributed by atoms with Crippen LogP contribution in [0.1, 0.15) is 33.6 Å². The third kappa shape index (κ3) is 5.10. The van der Waals surface area contributed by atoms with Crippen molar-refractivity contribution in [2.45, 2.75) is 39.2 Å². The SMILES string of the molecule is CC(C)(C)NC(=O)C1CCCN(C(=O)Nc2ccc3nc(-c4ccco4)c(-c4ccco4)nc3c2)C1. The summed E-state index contributed by atoms with van der Waals surface area (Å²) < 4.78 is 11.2. The van der Waals surface area contributed by atoms with Crippen LogP contribution in [0.3, 0.4) is 0 Å². The Morgan fingerprint density at radius 2 is 1.64 bits per heavy atom. The fourth-order valence-corrected chi connectivity index (χ4v) is 4.35. The lowest BCUT2D eigenvalue weighted by Gasteiger charge is -2.33. The van der Waals surface area contributed by atoms with Crippen LogP contribution in [-0.4, -0.2) is 45.4 Å². The summed E-state index contributed by atoms with van der Waals surface area (Å²) in [6.45, 7) is 6.85. The minimum absolute atomic E-state index is 0.0150. The molecule has 9 nitrogen and oxygen atoms in total. The first kappa shape index (κ1) is 23.6. The maximum absolute atomic E-state index is 13.0. The highest BCUT2D eigenvalue weighted by Gasteiger charge is 2.30. The standard InChI is InChI=1S/C27H29N5O4/c1-27(2,3)31-25(33)17-7-4-12-32(16-17)26(34)28-18-10-11-19-20(15-18)30-24(22-9-6-14-36-22)23(29-19)21-8-5-13-35-21/h5-6,8-11,13-15,17H,4,7,12,16H2,1-3H3,(H,28,34)(H,31,33). The van der Waals surface area contributed by atoms with Gasteiger partial charge in [-0.2, -0.15) is 0 Å². The Morgan fingerprint density at radius 3 is 2.25 bits per heavy atom. The number of furan rings is 2. The van der Waals surface area contributed by atoms with Crippen LogP contribution in [0.5, 0.6) is 0 Å². The van der Waals surface area contributed by atoms with E-state index in [1.54, 1.807) is 41.7 Å². The maximum atomic E-state index is 13.0. The molecule has 36 heavy (non-hydrogen) atoms. The van der Waals surface area contributed by atoms with E-state index in [-0.39, 0.29) is 23.4 Å². The summed E-state index contributed by atoms with van der Waals surface area (Å²) >= 11 is 0. The molecular weight excluding hydrogens is 458 g/mol. The van der Waals surface area contributed by atoms with E-state index in [9.17, 15) is 9.59 Å². The van der Waals surface area contributed by atoms with E-state index in [1.165, 1.54) is 0 Å². The molecule has 186 valence electrons. The van der Waals surface area contributed by atoms with Crippen LogP contribution in [0.2, 0.25) is 0 Å². The summed E-state index contributed by atoms with van der Waals surface area (Å²) in [4.78, 5) is 36.9. The lowest BCUT2D eigenvalue weighted by Crippen LogP contribution is -2.50. The predicted octanol–water partition coefficient (Wildman–Crippen LogP) is 5.31. The van der Waals surface area contributed by atoms with Crippen molar-refractivity contribution in [3.05, 3.63) is 55.0 Å². The van der Waals surface area contributed by atoms with E-state index in [0.717, 1.165) is 12.8 Å². The van der Waals surface area contributed by atoms with Gasteiger partial charge >= 0.3 is 6.03 Å². The number of hydrogen-bond acceptors (Lipinski definition) is 6. The van der Waals surface area contributed by atoms with Crippen LogP contribution >= 0.6 is 0 Å². The first-order valence-electron chi connectivity index (χ1n) is 12.0. The maximum Gasteiger partial charge on any atom is 0.321 e. The van der Waals surface area contributed by atoms with Crippen molar-refractivity contribution >= 4 is 28.7 Å². The molecule has 3 aromatic heterocycles. The van der Waals surface area contributed by atoms with E-state index >= 15 is 0 Å². The molecule has 0 aliphatic carbocycles. The van der Waals surface area contributed by atoms with Crippen LogP contribution in [0.4, 0.5) is 10.5 Å². The zero-order chi connectivity index (χ0) is 25.3. The number of aromatic nitrogens is 2. The molecule has 1 atom stereocenters. The highest BCUT2D eigenvalue weighted by molar-refractivity contribution is 5.93. The number of carbonyl (C=O) groups excluding carboxylic acids is 2. The Kier molecular flexibility index (Phi) is 6.22. The molecule has 1 unspecified atom stereocenters. The molecule has 4 heterocycles. The van der Waals surface area contributed by atoms with Gasteiger partial charge in [-0.3, -0.25) is 4.79 Å². The van der Waals surface area contributed by atoms with E-state index in [0.29, 0.717) is 52.7 Å². The molecule has 5 rings (SSSR count). The molecule has 0 bridgehead atoms. The van der Waals surface area contributed by atoms with E-state index in [2.05, 4.69) is 10.6 Å². The minimum atomic E-state index is -0.306. The summed E-state index contributed by atoms with van der Waals surface area (Å²) in [7, 11) is 0. The Labute approximate surface area is 208 Å². The van der Waals surface area contributed by atoms with Gasteiger partial charge in [0.2, 0.25) is 5.91 Å². The fourth-order valence-electron chi connectivity index (χ4n) is 4.35. The number of rotatable bonds is 4. The number of nitrogens with zero attached hydrogens (tertiary/aromatic N) is 3. The van der Waals surface area contributed by atoms with Crippen molar-refractivity contribution < 1.29 is 18.4 Å². The predicted molar refractivity (Wildman–Crippen MR) is 136 cm³/mol. The Morgan fingerprint density at radius 1 is 0.972 bits per heavy atom. The summed E-state index contributed by atoms with van der Waals surface area (Å²) in [5, 5.41) is 5.98. The smallest absolute Gasteiger partial charge is 0.321 e. The van der Waals surface area contributed by atoms with Crippen LogP contribution in [0.15, 0.2) is 63.8 Å². The second-order valence-electron chi connectivity index (χ2n) is 10.0. The van der Waals surface area contributed by atoms with Gasteiger partial charge < -0.3 is 24.4 Å². The molecule has 0 spiro atoms. The van der Waals surface area contributed by atoms with E-state index in [4.69, 9.17) is 18.8 Å². The van der Waals surface area contributed by atoms with Gasteiger partial charge in [0.1, 0.15) is 11.4 Å². The first-order valence-corrected chi connectivity index (χ1v) is 12.0. The van der Waals surface area contributed by atoms with Crippen LogP contribution in [0, 0.1) is 5.92 Å². The molecule has 1 saturated heterocycles. The topological polar surface area (TPSA) is 114 Å². The van der Waals surface area contributed by atoms with E-state index < -0.39 is 0 Å². The lowest BCUT2D eigenvalue weighted by molar-refractivity contribution is -0.127. The molecule has 1 fully saturated rings. The molecule has 3 amide bonds. The highest BCUT2D eigenvalue weighted by atomic mass is 16.3. The van der Waals surface area contributed by atoms with Gasteiger partial charge in [-0.25, -0.2) is 14.8 Å². The molecule has 1 aromatic carbocycles. The number of carbonyl (C=O) groups is 2. The molecule has 0 saturated carbocycles. The van der Waals surface area contributed by atoms with Crippen molar-refractivity contribution in [2.75, 3.05) is 18.4 Å². The zero-order valence-corrected chi connectivity index (χ0v) is 20.6. The van der Waals surface area contributed by atoms with Gasteiger partial charge in [0.15, 0.2) is 11.5 Å². The van der Waals surface area contributed by atoms with Gasteiger partial charge in [-0.15, -0.1) is 0 Å². The molecular formula is C27H29N5O4. The number of anilines is 1. The second-order valence-corrected chi connectivity index (χ2v) is 10.0. The third-order valence-corrected chi connectivity index (χ3v) is 6.00. The normalized spacial score (nSPS) is 16.2. The van der Waals surface area contributed by atoms with Gasteiger partial charge in [0.25, 0.3) is 0 Å². The van der Waals surface area contributed by atoms with Crippen molar-refractivity contribution in [2.24, 2.45) is 5.92 Å². The quantitative estimate of drug-likeness (QED) is 0.403. The molecule has 1 aliphatic heterocycles. The lowest BCUT2D eigenvalue weighted by atomic mass is 9.96. The number of likely N-dealkylation sites (tertiary alicyclic amines) is 1. The van der Waals surface area contributed by atoms with Crippen molar-refractivity contribution in [1.82, 2.24) is 20.2 Å². The number of fused-ring (bicyclic) bond motifs is 1. The average molecular weight is 488 g/mol. The monoisotopic (exact) mass is 487 g/mol. The number of benzene rings is 1. The summed E-state index contributed by atoms with van der Waals surface area (Å²) in [5.74, 6) is 0.919. The van der Waals surface area contributed by atoms with Crippen LogP contribution in [0.25, 0.3) is 33.9 Å². The number of piperidine rings is 1. The number of urea groups is 1. The van der Waals surface area contributed by atoms with Gasteiger partial charge in [-0.1, -0.05) is 0 Å². The zero-order valence-electron chi connectivity index (χ0n) is 20.6. The van der Waals surface area contributed by atoms with Gasteiger partial charge in [-0.05, 0) is 76.1 Å². The minimum Gasteiger partial charge on any atom is -0.463 e. The van der Waals surface area contributed by atoms with Crippen LogP contribution < -0.4 is 10.6 Å². The Balaban J connectivity index is 1.37. The van der Waals surface area contributed by atoms with Crippen LogP contribution in [-0.2, 0) is 4.79 Å². The highest BCUT2D eigenvalue weighted by Crippen LogP contribution is 2.32. The second kappa shape index (κ2) is 9.49. The fraction of sp³-hybridized carbons (Fsp3) is 0.333. The molecule has 9 heteroatoms. The molecule has 2 N–H and O–H groups in total. The Hall–Kier alpha value is -4.14. The molecule has 0 radical (unpaired) electrons. The van der Waals surface area contributed by atoms with Gasteiger partial charge in [0, 0.05) is 24.3 Å². The third-order valence-electron chi connectivity index (χ3n) is 6.00. The largest absolute Gasteiger partial charge is 0.463 e. The molecule has 1 aliphatic rings. The number of hydrogen-bond donors (Lipinski definition) is 2. The average Bonchev–Trinajstić information content (AvgIpc) is 3.57. The van der Waals surface area contributed by atoms with Crippen molar-refractivity contribution in [3.8, 4) is 22.9 Å². The summed E-state index contributed by atoms with van der Waals surface area (Å²) in [6, 6.07) is 12.4. The number of amides is 3. The van der Waals surface area contributed by atoms with Crippen molar-refractivity contribution in [1.29, 1.82) is 0 Å². The summed E-state index contributed by atoms with van der Waals surface area (Å²) in [6.07, 6.45) is 4.72. The molecule has 4 aromatic rings. The van der Waals surface area contributed by atoms with Crippen molar-refractivity contribution in [3.63, 3.8) is 0 Å². The first-order chi connectivity index (χ1) is 17.3. The number of nitrogens with one attached hydrogen (secondary N) is 2. The Bertz CT molecular complexity index is 1370.